The van der Waals surface area contributed by atoms with Gasteiger partial charge in [0.2, 0.25) is 5.91 Å². The molecule has 1 aromatic carbocycles. The van der Waals surface area contributed by atoms with Crippen molar-refractivity contribution in [2.75, 3.05) is 0 Å². The van der Waals surface area contributed by atoms with Crippen LogP contribution in [0, 0.1) is 11.8 Å². The van der Waals surface area contributed by atoms with Crippen molar-refractivity contribution in [1.29, 1.82) is 0 Å². The summed E-state index contributed by atoms with van der Waals surface area (Å²) in [5.74, 6) is 0.812. The molecular weight excluding hydrogens is 242 g/mol. The van der Waals surface area contributed by atoms with Gasteiger partial charge in [-0.05, 0) is 30.4 Å². The van der Waals surface area contributed by atoms with Crippen LogP contribution in [-0.4, -0.2) is 17.0 Å². The Morgan fingerprint density at radius 3 is 2.95 bits per heavy atom. The van der Waals surface area contributed by atoms with Gasteiger partial charge in [0, 0.05) is 18.0 Å². The first kappa shape index (κ1) is 13.4. The number of nitrogens with zero attached hydrogens (tertiary/aromatic N) is 1. The fourth-order valence-corrected chi connectivity index (χ4v) is 2.06. The summed E-state index contributed by atoms with van der Waals surface area (Å²) >= 11 is 0. The van der Waals surface area contributed by atoms with Gasteiger partial charge < -0.3 is 16.3 Å². The highest BCUT2D eigenvalue weighted by Gasteiger charge is 2.32. The van der Waals surface area contributed by atoms with Gasteiger partial charge in [0.1, 0.15) is 0 Å². The Balaban J connectivity index is 1.93. The van der Waals surface area contributed by atoms with Crippen molar-refractivity contribution in [2.24, 2.45) is 22.7 Å². The van der Waals surface area contributed by atoms with Gasteiger partial charge in [-0.15, -0.1) is 0 Å². The number of oxime groups is 1. The molecule has 1 unspecified atom stereocenters. The zero-order valence-electron chi connectivity index (χ0n) is 11.0. The molecule has 4 N–H and O–H groups in total. The van der Waals surface area contributed by atoms with Crippen molar-refractivity contribution in [2.45, 2.75) is 26.3 Å². The molecule has 1 atom stereocenters. The summed E-state index contributed by atoms with van der Waals surface area (Å²) in [5.41, 5.74) is 7.10. The van der Waals surface area contributed by atoms with Gasteiger partial charge in [-0.2, -0.15) is 0 Å². The Labute approximate surface area is 112 Å². The van der Waals surface area contributed by atoms with E-state index in [2.05, 4.69) is 10.5 Å². The maximum absolute atomic E-state index is 11.9. The number of carbonyl (C=O) groups is 1. The first-order valence-electron chi connectivity index (χ1n) is 6.46. The summed E-state index contributed by atoms with van der Waals surface area (Å²) in [5, 5.41) is 14.5. The van der Waals surface area contributed by atoms with E-state index in [1.54, 1.807) is 12.1 Å². The number of amides is 1. The van der Waals surface area contributed by atoms with E-state index >= 15 is 0 Å². The molecule has 1 saturated carbocycles. The van der Waals surface area contributed by atoms with E-state index in [4.69, 9.17) is 10.9 Å². The zero-order valence-corrected chi connectivity index (χ0v) is 11.0. The highest BCUT2D eigenvalue weighted by Crippen LogP contribution is 2.36. The molecule has 5 nitrogen and oxygen atoms in total. The predicted molar refractivity (Wildman–Crippen MR) is 72.7 cm³/mol. The third-order valence-corrected chi connectivity index (χ3v) is 3.54. The molecule has 1 amide bonds. The van der Waals surface area contributed by atoms with Crippen LogP contribution < -0.4 is 11.1 Å². The summed E-state index contributed by atoms with van der Waals surface area (Å²) in [4.78, 5) is 11.9. The standard InChI is InChI=1S/C14H19N3O2/c1-9(11-5-6-11)14(18)16-8-10-3-2-4-12(7-10)13(15)17-19/h2-4,7,9,11,19H,5-6,8H2,1H3,(H2,15,17)(H,16,18). The van der Waals surface area contributed by atoms with Crippen LogP contribution >= 0.6 is 0 Å². The lowest BCUT2D eigenvalue weighted by Gasteiger charge is -2.11. The van der Waals surface area contributed by atoms with E-state index in [-0.39, 0.29) is 17.7 Å². The average Bonchev–Trinajstić information content (AvgIpc) is 3.28. The first-order valence-corrected chi connectivity index (χ1v) is 6.46. The fraction of sp³-hybridized carbons (Fsp3) is 0.429. The lowest BCUT2D eigenvalue weighted by molar-refractivity contribution is -0.125. The van der Waals surface area contributed by atoms with E-state index in [0.29, 0.717) is 18.0 Å². The number of nitrogens with one attached hydrogen (secondary N) is 1. The minimum absolute atomic E-state index is 0.0690. The minimum atomic E-state index is 0.0690. The summed E-state index contributed by atoms with van der Waals surface area (Å²) in [6, 6.07) is 7.28. The molecule has 19 heavy (non-hydrogen) atoms. The topological polar surface area (TPSA) is 87.7 Å². The van der Waals surface area contributed by atoms with Crippen molar-refractivity contribution in [3.05, 3.63) is 35.4 Å². The van der Waals surface area contributed by atoms with E-state index in [1.807, 2.05) is 19.1 Å². The largest absolute Gasteiger partial charge is 0.409 e. The highest BCUT2D eigenvalue weighted by molar-refractivity contribution is 5.97. The van der Waals surface area contributed by atoms with Crippen LogP contribution in [0.4, 0.5) is 0 Å². The quantitative estimate of drug-likeness (QED) is 0.324. The Bertz CT molecular complexity index is 495. The van der Waals surface area contributed by atoms with Crippen molar-refractivity contribution >= 4 is 11.7 Å². The van der Waals surface area contributed by atoms with Crippen molar-refractivity contribution < 1.29 is 10.0 Å². The van der Waals surface area contributed by atoms with Gasteiger partial charge in [0.15, 0.2) is 5.84 Å². The number of benzene rings is 1. The molecule has 1 aromatic rings. The van der Waals surface area contributed by atoms with Crippen LogP contribution in [0.5, 0.6) is 0 Å². The number of nitrogens with two attached hydrogens (primary N) is 1. The zero-order chi connectivity index (χ0) is 13.8. The number of rotatable bonds is 5. The summed E-state index contributed by atoms with van der Waals surface area (Å²) in [7, 11) is 0. The Morgan fingerprint density at radius 1 is 1.58 bits per heavy atom. The molecule has 0 aromatic heterocycles. The Kier molecular flexibility index (Phi) is 4.04. The second-order valence-corrected chi connectivity index (χ2v) is 5.03. The summed E-state index contributed by atoms with van der Waals surface area (Å²) < 4.78 is 0. The van der Waals surface area contributed by atoms with Gasteiger partial charge in [-0.25, -0.2) is 0 Å². The van der Waals surface area contributed by atoms with Crippen LogP contribution in [0.1, 0.15) is 30.9 Å². The van der Waals surface area contributed by atoms with Crippen LogP contribution in [0.15, 0.2) is 29.4 Å². The van der Waals surface area contributed by atoms with E-state index in [9.17, 15) is 4.79 Å². The second-order valence-electron chi connectivity index (χ2n) is 5.03. The SMILES string of the molecule is CC(C(=O)NCc1cccc(/C(N)=N/O)c1)C1CC1. The number of hydrogen-bond donors (Lipinski definition) is 3. The van der Waals surface area contributed by atoms with E-state index in [0.717, 1.165) is 18.4 Å². The molecule has 1 aliphatic carbocycles. The third-order valence-electron chi connectivity index (χ3n) is 3.54. The average molecular weight is 261 g/mol. The van der Waals surface area contributed by atoms with Crippen LogP contribution in [0.3, 0.4) is 0 Å². The number of hydrogen-bond acceptors (Lipinski definition) is 3. The first-order chi connectivity index (χ1) is 9.11. The molecule has 0 radical (unpaired) electrons. The molecule has 0 aliphatic heterocycles. The van der Waals surface area contributed by atoms with E-state index in [1.165, 1.54) is 0 Å². The smallest absolute Gasteiger partial charge is 0.223 e. The summed E-state index contributed by atoms with van der Waals surface area (Å²) in [6.45, 7) is 2.43. The number of carbonyl (C=O) groups excluding carboxylic acids is 1. The molecule has 5 heteroatoms. The highest BCUT2D eigenvalue weighted by atomic mass is 16.4. The molecule has 0 saturated heterocycles. The summed E-state index contributed by atoms with van der Waals surface area (Å²) in [6.07, 6.45) is 2.32. The van der Waals surface area contributed by atoms with Gasteiger partial charge in [-0.3, -0.25) is 4.79 Å². The maximum Gasteiger partial charge on any atom is 0.223 e. The molecule has 1 fully saturated rings. The van der Waals surface area contributed by atoms with Gasteiger partial charge >= 0.3 is 0 Å². The monoisotopic (exact) mass is 261 g/mol. The molecule has 2 rings (SSSR count). The molecule has 102 valence electrons. The van der Waals surface area contributed by atoms with Gasteiger partial charge in [0.25, 0.3) is 0 Å². The molecule has 0 heterocycles. The predicted octanol–water partition coefficient (Wildman–Crippen LogP) is 1.44. The van der Waals surface area contributed by atoms with Crippen molar-refractivity contribution in [3.8, 4) is 0 Å². The second kappa shape index (κ2) is 5.73. The van der Waals surface area contributed by atoms with Gasteiger partial charge in [0.05, 0.1) is 0 Å². The van der Waals surface area contributed by atoms with Gasteiger partial charge in [-0.1, -0.05) is 30.3 Å². The minimum Gasteiger partial charge on any atom is -0.409 e. The molecule has 0 bridgehead atoms. The van der Waals surface area contributed by atoms with Crippen molar-refractivity contribution in [1.82, 2.24) is 5.32 Å². The Hall–Kier alpha value is -2.04. The van der Waals surface area contributed by atoms with Crippen molar-refractivity contribution in [3.63, 3.8) is 0 Å². The maximum atomic E-state index is 11.9. The number of amidine groups is 1. The fourth-order valence-electron chi connectivity index (χ4n) is 2.06. The molecule has 0 spiro atoms. The lowest BCUT2D eigenvalue weighted by atomic mass is 10.1. The molecular formula is C14H19N3O2. The van der Waals surface area contributed by atoms with Crippen LogP contribution in [0.2, 0.25) is 0 Å². The van der Waals surface area contributed by atoms with Crippen LogP contribution in [0.25, 0.3) is 0 Å². The Morgan fingerprint density at radius 2 is 2.32 bits per heavy atom. The normalized spacial score (nSPS) is 17.0. The third kappa shape index (κ3) is 3.47. The molecule has 1 aliphatic rings. The van der Waals surface area contributed by atoms with Crippen LogP contribution in [-0.2, 0) is 11.3 Å². The van der Waals surface area contributed by atoms with E-state index < -0.39 is 0 Å². The lowest BCUT2D eigenvalue weighted by Crippen LogP contribution is -2.29.